The molecule has 9 heteroatoms. The third-order valence-electron chi connectivity index (χ3n) is 4.82. The van der Waals surface area contributed by atoms with Crippen molar-refractivity contribution in [2.24, 2.45) is 0 Å². The zero-order chi connectivity index (χ0) is 20.1. The fourth-order valence-electron chi connectivity index (χ4n) is 3.31. The third kappa shape index (κ3) is 3.54. The molecule has 29 heavy (non-hydrogen) atoms. The predicted molar refractivity (Wildman–Crippen MR) is 96.4 cm³/mol. The van der Waals surface area contributed by atoms with Gasteiger partial charge in [-0.2, -0.15) is 0 Å². The maximum absolute atomic E-state index is 12.3. The number of fused-ring (bicyclic) bond motifs is 1. The van der Waals surface area contributed by atoms with Crippen LogP contribution >= 0.6 is 0 Å². The number of hydrogen-bond donors (Lipinski definition) is 1. The minimum atomic E-state index is -4.72. The summed E-state index contributed by atoms with van der Waals surface area (Å²) in [4.78, 5) is 0. The smallest absolute Gasteiger partial charge is 0.438 e. The number of morpholine rings is 1. The largest absolute Gasteiger partial charge is 0.573 e. The van der Waals surface area contributed by atoms with Crippen molar-refractivity contribution in [3.8, 4) is 22.8 Å². The molecule has 0 amide bonds. The van der Waals surface area contributed by atoms with Crippen LogP contribution in [0.25, 0.3) is 22.1 Å². The van der Waals surface area contributed by atoms with E-state index in [1.54, 1.807) is 24.3 Å². The molecule has 0 saturated carbocycles. The minimum Gasteiger partial charge on any atom is -0.438 e. The monoisotopic (exact) mass is 404 g/mol. The lowest BCUT2D eigenvalue weighted by Gasteiger charge is -2.24. The molecule has 150 valence electrons. The van der Waals surface area contributed by atoms with Gasteiger partial charge >= 0.3 is 6.36 Å². The first-order chi connectivity index (χ1) is 13.9. The van der Waals surface area contributed by atoms with Gasteiger partial charge in [0.25, 0.3) is 5.88 Å². The van der Waals surface area contributed by atoms with Crippen molar-refractivity contribution in [3.05, 3.63) is 54.3 Å². The van der Waals surface area contributed by atoms with Crippen LogP contribution in [0.15, 0.2) is 58.8 Å². The van der Waals surface area contributed by atoms with Gasteiger partial charge < -0.3 is 18.7 Å². The fourth-order valence-corrected chi connectivity index (χ4v) is 3.31. The van der Waals surface area contributed by atoms with Crippen molar-refractivity contribution in [2.45, 2.75) is 11.9 Å². The Morgan fingerprint density at radius 3 is 2.59 bits per heavy atom. The van der Waals surface area contributed by atoms with E-state index in [-0.39, 0.29) is 11.3 Å². The molecule has 0 radical (unpaired) electrons. The lowest BCUT2D eigenvalue weighted by atomic mass is 10.0. The first-order valence-corrected chi connectivity index (χ1v) is 8.91. The van der Waals surface area contributed by atoms with Gasteiger partial charge in [0.1, 0.15) is 17.0 Å². The summed E-state index contributed by atoms with van der Waals surface area (Å²) in [5, 5.41) is 8.00. The number of halogens is 3. The molecule has 1 aliphatic heterocycles. The van der Waals surface area contributed by atoms with Gasteiger partial charge in [-0.05, 0) is 46.6 Å². The SMILES string of the molecule is FC(F)(F)Oc1ccc(-c2ccc3onc(OC4=CC45COCCN5)c3c2)cc1. The molecule has 2 aromatic carbocycles. The molecule has 1 atom stereocenters. The van der Waals surface area contributed by atoms with Gasteiger partial charge in [0.15, 0.2) is 5.58 Å². The second-order valence-electron chi connectivity index (χ2n) is 6.83. The minimum absolute atomic E-state index is 0.274. The standard InChI is InChI=1S/C20H15F3N2O4/c21-20(22,23)28-14-4-1-12(2-5-14)13-3-6-16-15(9-13)18(25-29-16)27-17-10-19(17)11-26-8-7-24-19/h1-6,9-10,24H,7-8,11H2. The van der Waals surface area contributed by atoms with Crippen molar-refractivity contribution in [2.75, 3.05) is 19.8 Å². The van der Waals surface area contributed by atoms with Crippen LogP contribution in [-0.2, 0) is 4.74 Å². The van der Waals surface area contributed by atoms with Gasteiger partial charge in [-0.15, -0.1) is 13.2 Å². The average Bonchev–Trinajstić information content (AvgIpc) is 3.17. The highest BCUT2D eigenvalue weighted by Gasteiger charge is 2.49. The molecule has 2 heterocycles. The number of rotatable bonds is 4. The van der Waals surface area contributed by atoms with E-state index in [4.69, 9.17) is 14.0 Å². The van der Waals surface area contributed by atoms with Gasteiger partial charge in [-0.1, -0.05) is 18.2 Å². The number of nitrogens with one attached hydrogen (secondary N) is 1. The first-order valence-electron chi connectivity index (χ1n) is 8.91. The molecule has 1 fully saturated rings. The Morgan fingerprint density at radius 2 is 1.86 bits per heavy atom. The predicted octanol–water partition coefficient (Wildman–Crippen LogP) is 4.03. The van der Waals surface area contributed by atoms with Crippen molar-refractivity contribution in [3.63, 3.8) is 0 Å². The van der Waals surface area contributed by atoms with E-state index >= 15 is 0 Å². The Hall–Kier alpha value is -3.04. The van der Waals surface area contributed by atoms with E-state index in [1.165, 1.54) is 12.1 Å². The Balaban J connectivity index is 1.38. The van der Waals surface area contributed by atoms with Crippen LogP contribution in [0.2, 0.25) is 0 Å². The Bertz CT molecular complexity index is 1080. The molecular formula is C20H15F3N2O4. The molecule has 5 rings (SSSR count). The number of nitrogens with zero attached hydrogens (tertiary/aromatic N) is 1. The number of hydrogen-bond acceptors (Lipinski definition) is 6. The third-order valence-corrected chi connectivity index (χ3v) is 4.82. The zero-order valence-electron chi connectivity index (χ0n) is 15.0. The fraction of sp³-hybridized carbons (Fsp3) is 0.250. The van der Waals surface area contributed by atoms with Crippen molar-refractivity contribution >= 4 is 11.0 Å². The number of alkyl halides is 3. The average molecular weight is 404 g/mol. The van der Waals surface area contributed by atoms with E-state index < -0.39 is 6.36 Å². The summed E-state index contributed by atoms with van der Waals surface area (Å²) < 4.78 is 57.6. The molecule has 1 saturated heterocycles. The molecule has 2 aliphatic rings. The van der Waals surface area contributed by atoms with Crippen LogP contribution < -0.4 is 14.8 Å². The molecule has 3 aromatic rings. The summed E-state index contributed by atoms with van der Waals surface area (Å²) in [6, 6.07) is 11.0. The Labute approximate surface area is 162 Å². The second kappa shape index (κ2) is 6.50. The van der Waals surface area contributed by atoms with Crippen molar-refractivity contribution in [1.29, 1.82) is 0 Å². The van der Waals surface area contributed by atoms with Crippen LogP contribution in [-0.4, -0.2) is 36.8 Å². The van der Waals surface area contributed by atoms with E-state index in [0.717, 1.165) is 23.4 Å². The van der Waals surface area contributed by atoms with E-state index in [2.05, 4.69) is 15.2 Å². The maximum Gasteiger partial charge on any atom is 0.573 e. The van der Waals surface area contributed by atoms with E-state index in [0.29, 0.717) is 30.1 Å². The highest BCUT2D eigenvalue weighted by molar-refractivity contribution is 5.87. The quantitative estimate of drug-likeness (QED) is 0.709. The zero-order valence-corrected chi connectivity index (χ0v) is 15.0. The Kier molecular flexibility index (Phi) is 4.04. The summed E-state index contributed by atoms with van der Waals surface area (Å²) in [5.74, 6) is 0.783. The summed E-state index contributed by atoms with van der Waals surface area (Å²) in [7, 11) is 0. The highest BCUT2D eigenvalue weighted by Crippen LogP contribution is 2.40. The Morgan fingerprint density at radius 1 is 1.07 bits per heavy atom. The summed E-state index contributed by atoms with van der Waals surface area (Å²) in [6.07, 6.45) is -2.78. The summed E-state index contributed by atoms with van der Waals surface area (Å²) in [5.41, 5.74) is 1.68. The topological polar surface area (TPSA) is 65.8 Å². The van der Waals surface area contributed by atoms with Crippen LogP contribution in [0.1, 0.15) is 0 Å². The number of benzene rings is 2. The van der Waals surface area contributed by atoms with Gasteiger partial charge in [0, 0.05) is 6.54 Å². The highest BCUT2D eigenvalue weighted by atomic mass is 19.4. The molecule has 1 aliphatic carbocycles. The number of aromatic nitrogens is 1. The van der Waals surface area contributed by atoms with Gasteiger partial charge in [-0.25, -0.2) is 0 Å². The van der Waals surface area contributed by atoms with E-state index in [9.17, 15) is 13.2 Å². The summed E-state index contributed by atoms with van der Waals surface area (Å²) >= 11 is 0. The van der Waals surface area contributed by atoms with Gasteiger partial charge in [-0.3, -0.25) is 5.32 Å². The molecule has 6 nitrogen and oxygen atoms in total. The lowest BCUT2D eigenvalue weighted by Crippen LogP contribution is -2.46. The van der Waals surface area contributed by atoms with Crippen LogP contribution in [0.5, 0.6) is 11.6 Å². The normalized spacial score (nSPS) is 21.3. The molecule has 0 bridgehead atoms. The van der Waals surface area contributed by atoms with Crippen LogP contribution in [0.4, 0.5) is 13.2 Å². The second-order valence-corrected chi connectivity index (χ2v) is 6.83. The number of ether oxygens (including phenoxy) is 3. The molecule has 1 aromatic heterocycles. The van der Waals surface area contributed by atoms with Gasteiger partial charge in [0.2, 0.25) is 0 Å². The maximum atomic E-state index is 12.3. The van der Waals surface area contributed by atoms with Crippen molar-refractivity contribution in [1.82, 2.24) is 10.5 Å². The van der Waals surface area contributed by atoms with Crippen LogP contribution in [0, 0.1) is 0 Å². The van der Waals surface area contributed by atoms with Gasteiger partial charge in [0.05, 0.1) is 18.6 Å². The van der Waals surface area contributed by atoms with Crippen LogP contribution in [0.3, 0.4) is 0 Å². The molecule has 1 spiro atoms. The van der Waals surface area contributed by atoms with E-state index in [1.807, 2.05) is 12.1 Å². The first kappa shape index (κ1) is 18.0. The summed E-state index contributed by atoms with van der Waals surface area (Å²) in [6.45, 7) is 1.91. The lowest BCUT2D eigenvalue weighted by molar-refractivity contribution is -0.274. The van der Waals surface area contributed by atoms with Crippen molar-refractivity contribution < 1.29 is 31.9 Å². The molecule has 1 unspecified atom stereocenters. The molecular weight excluding hydrogens is 389 g/mol. The molecule has 1 N–H and O–H groups in total.